The van der Waals surface area contributed by atoms with Crippen LogP contribution in [0.3, 0.4) is 0 Å². The number of hydrogen-bond donors (Lipinski definition) is 2. The van der Waals surface area contributed by atoms with Gasteiger partial charge in [0.2, 0.25) is 11.9 Å². The van der Waals surface area contributed by atoms with Gasteiger partial charge in [0.15, 0.2) is 11.6 Å². The smallest absolute Gasteiger partial charge is 0.231 e. The number of halogens is 1. The first-order chi connectivity index (χ1) is 12.8. The Bertz CT molecular complexity index is 812. The number of methoxy groups -OCH3 is 1. The van der Waals surface area contributed by atoms with E-state index in [1.54, 1.807) is 7.11 Å². The molecule has 0 bridgehead atoms. The number of amides is 1. The van der Waals surface area contributed by atoms with Gasteiger partial charge in [-0.1, -0.05) is 27.2 Å². The first-order valence-corrected chi connectivity index (χ1v) is 9.91. The number of rotatable bonds is 8. The van der Waals surface area contributed by atoms with Gasteiger partial charge >= 0.3 is 0 Å². The zero-order valence-corrected chi connectivity index (χ0v) is 18.2. The van der Waals surface area contributed by atoms with E-state index < -0.39 is 0 Å². The molecule has 1 amide bonds. The van der Waals surface area contributed by atoms with Gasteiger partial charge in [0.05, 0.1) is 16.9 Å². The van der Waals surface area contributed by atoms with E-state index in [2.05, 4.69) is 51.7 Å². The fraction of sp³-hybridized carbons (Fsp3) is 0.421. The van der Waals surface area contributed by atoms with Crippen LogP contribution in [0.15, 0.2) is 18.3 Å². The lowest BCUT2D eigenvalue weighted by atomic mass is 10.0. The summed E-state index contributed by atoms with van der Waals surface area (Å²) >= 11 is 2.19. The van der Waals surface area contributed by atoms with Crippen LogP contribution >= 0.6 is 22.6 Å². The van der Waals surface area contributed by atoms with Crippen LogP contribution < -0.4 is 20.5 Å². The fourth-order valence-electron chi connectivity index (χ4n) is 2.41. The minimum atomic E-state index is -0.128. The molecule has 1 aromatic heterocycles. The summed E-state index contributed by atoms with van der Waals surface area (Å²) < 4.78 is 12.3. The van der Waals surface area contributed by atoms with Crippen molar-refractivity contribution in [3.63, 3.8) is 0 Å². The number of nitrogens with one attached hydrogen (secondary N) is 1. The van der Waals surface area contributed by atoms with Gasteiger partial charge in [-0.25, -0.2) is 4.98 Å². The largest absolute Gasteiger partial charge is 0.496 e. The maximum atomic E-state index is 11.8. The van der Waals surface area contributed by atoms with Crippen molar-refractivity contribution >= 4 is 40.3 Å². The summed E-state index contributed by atoms with van der Waals surface area (Å²) in [5.74, 6) is 2.24. The predicted molar refractivity (Wildman–Crippen MR) is 114 cm³/mol. The normalized spacial score (nSPS) is 10.7. The topological polar surface area (TPSA) is 99.4 Å². The van der Waals surface area contributed by atoms with Crippen LogP contribution in [0, 0.1) is 3.57 Å². The quantitative estimate of drug-likeness (QED) is 0.527. The summed E-state index contributed by atoms with van der Waals surface area (Å²) in [7, 11) is 1.64. The molecule has 0 unspecified atom stereocenters. The second kappa shape index (κ2) is 9.72. The van der Waals surface area contributed by atoms with Gasteiger partial charge in [-0.3, -0.25) is 10.1 Å². The minimum absolute atomic E-state index is 0.128. The Labute approximate surface area is 173 Å². The molecule has 8 heteroatoms. The highest BCUT2D eigenvalue weighted by Gasteiger charge is 2.16. The van der Waals surface area contributed by atoms with Crippen molar-refractivity contribution in [1.29, 1.82) is 0 Å². The number of nitrogen functional groups attached to an aromatic ring is 1. The molecule has 146 valence electrons. The molecule has 1 aromatic carbocycles. The van der Waals surface area contributed by atoms with Crippen molar-refractivity contribution in [2.24, 2.45) is 0 Å². The summed E-state index contributed by atoms with van der Waals surface area (Å²) in [5.41, 5.74) is 7.00. The molecule has 2 rings (SSSR count). The maximum Gasteiger partial charge on any atom is 0.231 e. The SMILES string of the molecule is CCCCC(=O)Nc1ncc(Oc2cc(I)c(OC)cc2C(C)C)c(N)n1. The molecule has 1 heterocycles. The molecule has 27 heavy (non-hydrogen) atoms. The fourth-order valence-corrected chi connectivity index (χ4v) is 3.07. The van der Waals surface area contributed by atoms with Gasteiger partial charge in [0, 0.05) is 12.0 Å². The predicted octanol–water partition coefficient (Wildman–Crippen LogP) is 4.72. The third-order valence-electron chi connectivity index (χ3n) is 3.92. The highest BCUT2D eigenvalue weighted by molar-refractivity contribution is 14.1. The van der Waals surface area contributed by atoms with E-state index in [1.807, 2.05) is 19.1 Å². The van der Waals surface area contributed by atoms with Crippen LogP contribution in [-0.2, 0) is 4.79 Å². The lowest BCUT2D eigenvalue weighted by Gasteiger charge is -2.17. The number of carbonyl (C=O) groups is 1. The van der Waals surface area contributed by atoms with Crippen molar-refractivity contribution in [2.75, 3.05) is 18.2 Å². The highest BCUT2D eigenvalue weighted by atomic mass is 127. The summed E-state index contributed by atoms with van der Waals surface area (Å²) in [4.78, 5) is 20.1. The van der Waals surface area contributed by atoms with Gasteiger partial charge in [0.1, 0.15) is 11.5 Å². The van der Waals surface area contributed by atoms with E-state index in [4.69, 9.17) is 15.2 Å². The second-order valence-electron chi connectivity index (χ2n) is 6.38. The Morgan fingerprint density at radius 3 is 2.63 bits per heavy atom. The van der Waals surface area contributed by atoms with Gasteiger partial charge in [-0.2, -0.15) is 4.98 Å². The summed E-state index contributed by atoms with van der Waals surface area (Å²) in [6.07, 6.45) is 3.66. The molecule has 0 aliphatic rings. The van der Waals surface area contributed by atoms with E-state index in [1.165, 1.54) is 6.20 Å². The average molecular weight is 484 g/mol. The van der Waals surface area contributed by atoms with Crippen molar-refractivity contribution < 1.29 is 14.3 Å². The zero-order chi connectivity index (χ0) is 20.0. The number of nitrogens with zero attached hydrogens (tertiary/aromatic N) is 2. The summed E-state index contributed by atoms with van der Waals surface area (Å²) in [6, 6.07) is 3.86. The molecule has 0 saturated carbocycles. The van der Waals surface area contributed by atoms with Crippen LogP contribution in [0.5, 0.6) is 17.2 Å². The molecule has 3 N–H and O–H groups in total. The molecule has 0 aliphatic carbocycles. The Kier molecular flexibility index (Phi) is 7.64. The van der Waals surface area contributed by atoms with E-state index in [0.717, 1.165) is 27.7 Å². The molecule has 0 aliphatic heterocycles. The van der Waals surface area contributed by atoms with Crippen LogP contribution in [-0.4, -0.2) is 23.0 Å². The lowest BCUT2D eigenvalue weighted by Crippen LogP contribution is -2.14. The first-order valence-electron chi connectivity index (χ1n) is 8.83. The number of aromatic nitrogens is 2. The number of anilines is 2. The number of ether oxygens (including phenoxy) is 2. The lowest BCUT2D eigenvalue weighted by molar-refractivity contribution is -0.116. The zero-order valence-electron chi connectivity index (χ0n) is 16.0. The molecule has 7 nitrogen and oxygen atoms in total. The van der Waals surface area contributed by atoms with Gasteiger partial charge < -0.3 is 15.2 Å². The van der Waals surface area contributed by atoms with E-state index in [-0.39, 0.29) is 23.6 Å². The van der Waals surface area contributed by atoms with Crippen LogP contribution in [0.2, 0.25) is 0 Å². The van der Waals surface area contributed by atoms with Gasteiger partial charge in [-0.05, 0) is 47.1 Å². The molecule has 0 radical (unpaired) electrons. The standard InChI is InChI=1S/C19H25IN4O3/c1-5-6-7-17(25)23-19-22-10-16(18(21)24-19)27-14-9-13(20)15(26-4)8-12(14)11(2)3/h8-11H,5-7H2,1-4H3,(H3,21,22,23,24,25). The molecular formula is C19H25IN4O3. The summed E-state index contributed by atoms with van der Waals surface area (Å²) in [5, 5.41) is 2.65. The third kappa shape index (κ3) is 5.69. The molecule has 0 atom stereocenters. The Morgan fingerprint density at radius 1 is 1.30 bits per heavy atom. The van der Waals surface area contributed by atoms with Crippen LogP contribution in [0.4, 0.5) is 11.8 Å². The van der Waals surface area contributed by atoms with Gasteiger partial charge in [-0.15, -0.1) is 0 Å². The molecular weight excluding hydrogens is 459 g/mol. The van der Waals surface area contributed by atoms with Crippen molar-refractivity contribution in [2.45, 2.75) is 46.0 Å². The van der Waals surface area contributed by atoms with Crippen LogP contribution in [0.25, 0.3) is 0 Å². The van der Waals surface area contributed by atoms with Crippen LogP contribution in [0.1, 0.15) is 51.5 Å². The Morgan fingerprint density at radius 2 is 2.04 bits per heavy atom. The number of hydrogen-bond acceptors (Lipinski definition) is 6. The molecule has 0 fully saturated rings. The van der Waals surface area contributed by atoms with Crippen molar-refractivity contribution in [1.82, 2.24) is 9.97 Å². The maximum absolute atomic E-state index is 11.8. The van der Waals surface area contributed by atoms with E-state index in [9.17, 15) is 4.79 Å². The van der Waals surface area contributed by atoms with E-state index in [0.29, 0.717) is 17.9 Å². The highest BCUT2D eigenvalue weighted by Crippen LogP contribution is 2.37. The molecule has 2 aromatic rings. The Hall–Kier alpha value is -2.10. The van der Waals surface area contributed by atoms with Crippen molar-refractivity contribution in [3.8, 4) is 17.2 Å². The molecule has 0 saturated heterocycles. The number of unbranched alkanes of at least 4 members (excludes halogenated alkanes) is 1. The average Bonchev–Trinajstić information content (AvgIpc) is 2.62. The second-order valence-corrected chi connectivity index (χ2v) is 7.54. The molecule has 0 spiro atoms. The van der Waals surface area contributed by atoms with Gasteiger partial charge in [0.25, 0.3) is 0 Å². The third-order valence-corrected chi connectivity index (χ3v) is 4.76. The number of benzene rings is 1. The van der Waals surface area contributed by atoms with E-state index >= 15 is 0 Å². The van der Waals surface area contributed by atoms with Crippen molar-refractivity contribution in [3.05, 3.63) is 27.5 Å². The first kappa shape index (κ1) is 21.2. The monoisotopic (exact) mass is 484 g/mol. The minimum Gasteiger partial charge on any atom is -0.496 e. The number of nitrogens with two attached hydrogens (primary N) is 1. The number of carbonyl (C=O) groups excluding carboxylic acids is 1. The Balaban J connectivity index is 2.23. The summed E-state index contributed by atoms with van der Waals surface area (Å²) in [6.45, 7) is 6.17.